The van der Waals surface area contributed by atoms with Crippen molar-refractivity contribution >= 4 is 29.2 Å². The van der Waals surface area contributed by atoms with Gasteiger partial charge in [0.25, 0.3) is 0 Å². The highest BCUT2D eigenvalue weighted by molar-refractivity contribution is 6.00. The maximum absolute atomic E-state index is 12.1. The molecule has 8 nitrogen and oxygen atoms in total. The smallest absolute Gasteiger partial charge is 0.354 e. The highest BCUT2D eigenvalue weighted by atomic mass is 16.5. The standard InChI is InChI=1S/C19H25N3O5/c1-12-5-4-8-22(11-12)16-7-6-13(18(20)24)9-14(16)21-15(19(25)27-3)10-17(23)26-2/h6-7,9-10,12,21H,4-5,8,11H2,1-3H3,(H2,20,24)/b15-10+. The number of nitrogens with zero attached hydrogens (tertiary/aromatic N) is 1. The third kappa shape index (κ3) is 5.22. The maximum atomic E-state index is 12.1. The average molecular weight is 375 g/mol. The van der Waals surface area contributed by atoms with Crippen molar-refractivity contribution in [2.45, 2.75) is 19.8 Å². The fraction of sp³-hybridized carbons (Fsp3) is 0.421. The molecule has 1 saturated heterocycles. The lowest BCUT2D eigenvalue weighted by molar-refractivity contribution is -0.138. The second-order valence-electron chi connectivity index (χ2n) is 6.49. The first kappa shape index (κ1) is 20.3. The van der Waals surface area contributed by atoms with Crippen molar-refractivity contribution in [1.29, 1.82) is 0 Å². The van der Waals surface area contributed by atoms with E-state index in [0.29, 0.717) is 11.6 Å². The van der Waals surface area contributed by atoms with Crippen LogP contribution in [0.25, 0.3) is 0 Å². The van der Waals surface area contributed by atoms with Gasteiger partial charge in [0.15, 0.2) is 0 Å². The van der Waals surface area contributed by atoms with Crippen LogP contribution in [-0.2, 0) is 19.1 Å². The lowest BCUT2D eigenvalue weighted by atomic mass is 9.99. The molecule has 1 atom stereocenters. The first-order valence-electron chi connectivity index (χ1n) is 8.69. The molecule has 1 aromatic rings. The highest BCUT2D eigenvalue weighted by Gasteiger charge is 2.22. The summed E-state index contributed by atoms with van der Waals surface area (Å²) in [6, 6.07) is 4.99. The number of ether oxygens (including phenoxy) is 2. The number of amides is 1. The second-order valence-corrected chi connectivity index (χ2v) is 6.49. The van der Waals surface area contributed by atoms with Gasteiger partial charge in [0.1, 0.15) is 5.70 Å². The van der Waals surface area contributed by atoms with Gasteiger partial charge in [0.05, 0.1) is 31.7 Å². The molecule has 1 unspecified atom stereocenters. The molecule has 1 aliphatic rings. The molecule has 2 rings (SSSR count). The van der Waals surface area contributed by atoms with Gasteiger partial charge in [0.2, 0.25) is 5.91 Å². The number of nitrogens with one attached hydrogen (secondary N) is 1. The zero-order valence-electron chi connectivity index (χ0n) is 15.8. The van der Waals surface area contributed by atoms with Crippen LogP contribution in [0, 0.1) is 5.92 Å². The van der Waals surface area contributed by atoms with Crippen LogP contribution < -0.4 is 16.0 Å². The molecule has 1 amide bonds. The average Bonchev–Trinajstić information content (AvgIpc) is 2.66. The van der Waals surface area contributed by atoms with Crippen LogP contribution in [0.5, 0.6) is 0 Å². The Labute approximate surface area is 158 Å². The van der Waals surface area contributed by atoms with Gasteiger partial charge in [-0.25, -0.2) is 9.59 Å². The molecule has 0 bridgehead atoms. The lowest BCUT2D eigenvalue weighted by Crippen LogP contribution is -2.35. The number of hydrogen-bond acceptors (Lipinski definition) is 7. The minimum absolute atomic E-state index is 0.0997. The Kier molecular flexibility index (Phi) is 6.81. The molecule has 0 saturated carbocycles. The van der Waals surface area contributed by atoms with Crippen LogP contribution in [0.2, 0.25) is 0 Å². The minimum atomic E-state index is -0.733. The van der Waals surface area contributed by atoms with Crippen molar-refractivity contribution in [1.82, 2.24) is 0 Å². The van der Waals surface area contributed by atoms with E-state index in [1.807, 2.05) is 0 Å². The monoisotopic (exact) mass is 375 g/mol. The van der Waals surface area contributed by atoms with Crippen molar-refractivity contribution in [3.8, 4) is 0 Å². The summed E-state index contributed by atoms with van der Waals surface area (Å²) in [5.41, 5.74) is 6.88. The van der Waals surface area contributed by atoms with Gasteiger partial charge in [-0.1, -0.05) is 6.92 Å². The van der Waals surface area contributed by atoms with E-state index >= 15 is 0 Å². The Bertz CT molecular complexity index is 760. The summed E-state index contributed by atoms with van der Waals surface area (Å²) in [6.45, 7) is 3.87. The number of carbonyl (C=O) groups excluding carboxylic acids is 3. The number of anilines is 2. The van der Waals surface area contributed by atoms with Gasteiger partial charge in [-0.2, -0.15) is 0 Å². The Morgan fingerprint density at radius 1 is 1.26 bits per heavy atom. The van der Waals surface area contributed by atoms with E-state index in [-0.39, 0.29) is 11.3 Å². The second kappa shape index (κ2) is 9.07. The molecule has 0 aliphatic carbocycles. The third-order valence-electron chi connectivity index (χ3n) is 4.42. The van der Waals surface area contributed by atoms with Crippen molar-refractivity contribution in [2.24, 2.45) is 11.7 Å². The number of esters is 2. The summed E-state index contributed by atoms with van der Waals surface area (Å²) in [4.78, 5) is 37.4. The fourth-order valence-electron chi connectivity index (χ4n) is 3.05. The van der Waals surface area contributed by atoms with Gasteiger partial charge < -0.3 is 25.4 Å². The summed E-state index contributed by atoms with van der Waals surface area (Å²) < 4.78 is 9.32. The summed E-state index contributed by atoms with van der Waals surface area (Å²) in [5.74, 6) is -1.51. The van der Waals surface area contributed by atoms with Gasteiger partial charge in [-0.3, -0.25) is 4.79 Å². The van der Waals surface area contributed by atoms with E-state index in [4.69, 9.17) is 10.5 Å². The first-order valence-corrected chi connectivity index (χ1v) is 8.69. The van der Waals surface area contributed by atoms with E-state index in [0.717, 1.165) is 37.7 Å². The highest BCUT2D eigenvalue weighted by Crippen LogP contribution is 2.32. The molecule has 27 heavy (non-hydrogen) atoms. The Balaban J connectivity index is 2.45. The van der Waals surface area contributed by atoms with Crippen molar-refractivity contribution < 1.29 is 23.9 Å². The predicted octanol–water partition coefficient (Wildman–Crippen LogP) is 1.66. The number of hydrogen-bond donors (Lipinski definition) is 2. The largest absolute Gasteiger partial charge is 0.466 e. The molecule has 1 heterocycles. The molecule has 146 valence electrons. The Morgan fingerprint density at radius 2 is 2.00 bits per heavy atom. The maximum Gasteiger partial charge on any atom is 0.354 e. The zero-order valence-corrected chi connectivity index (χ0v) is 15.8. The van der Waals surface area contributed by atoms with Crippen LogP contribution in [0.15, 0.2) is 30.0 Å². The number of benzene rings is 1. The Morgan fingerprint density at radius 3 is 2.59 bits per heavy atom. The van der Waals surface area contributed by atoms with Crippen LogP contribution in [-0.4, -0.2) is 45.2 Å². The molecule has 0 radical (unpaired) electrons. The van der Waals surface area contributed by atoms with Gasteiger partial charge in [0, 0.05) is 18.7 Å². The molecule has 0 aromatic heterocycles. The molecule has 3 N–H and O–H groups in total. The van der Waals surface area contributed by atoms with Gasteiger partial charge in [-0.15, -0.1) is 0 Å². The van der Waals surface area contributed by atoms with Crippen LogP contribution in [0.3, 0.4) is 0 Å². The normalized spacial score (nSPS) is 17.2. The number of methoxy groups -OCH3 is 2. The number of piperidine rings is 1. The van der Waals surface area contributed by atoms with Crippen molar-refractivity contribution in [2.75, 3.05) is 37.5 Å². The van der Waals surface area contributed by atoms with Crippen molar-refractivity contribution in [3.05, 3.63) is 35.5 Å². The predicted molar refractivity (Wildman–Crippen MR) is 101 cm³/mol. The molecular formula is C19H25N3O5. The summed E-state index contributed by atoms with van der Waals surface area (Å²) >= 11 is 0. The Hall–Kier alpha value is -3.03. The van der Waals surface area contributed by atoms with Crippen LogP contribution in [0.4, 0.5) is 11.4 Å². The van der Waals surface area contributed by atoms with E-state index in [2.05, 4.69) is 21.9 Å². The van der Waals surface area contributed by atoms with Gasteiger partial charge >= 0.3 is 11.9 Å². The molecule has 1 fully saturated rings. The van der Waals surface area contributed by atoms with E-state index in [9.17, 15) is 14.4 Å². The van der Waals surface area contributed by atoms with E-state index in [1.54, 1.807) is 18.2 Å². The molecule has 8 heteroatoms. The van der Waals surface area contributed by atoms with Crippen LogP contribution in [0.1, 0.15) is 30.1 Å². The quantitative estimate of drug-likeness (QED) is 0.574. The number of rotatable bonds is 6. The minimum Gasteiger partial charge on any atom is -0.466 e. The summed E-state index contributed by atoms with van der Waals surface area (Å²) in [7, 11) is 2.42. The van der Waals surface area contributed by atoms with E-state index in [1.165, 1.54) is 14.2 Å². The zero-order chi connectivity index (χ0) is 20.0. The number of primary amides is 1. The molecule has 1 aliphatic heterocycles. The SMILES string of the molecule is COC(=O)/C=C(/Nc1cc(C(N)=O)ccc1N1CCCC(C)C1)C(=O)OC. The molecule has 1 aromatic carbocycles. The topological polar surface area (TPSA) is 111 Å². The number of nitrogens with two attached hydrogens (primary N) is 1. The first-order chi connectivity index (χ1) is 12.8. The van der Waals surface area contributed by atoms with Crippen LogP contribution >= 0.6 is 0 Å². The summed E-state index contributed by atoms with van der Waals surface area (Å²) in [5, 5.41) is 2.91. The third-order valence-corrected chi connectivity index (χ3v) is 4.42. The van der Waals surface area contributed by atoms with Crippen molar-refractivity contribution in [3.63, 3.8) is 0 Å². The molecular weight excluding hydrogens is 350 g/mol. The van der Waals surface area contributed by atoms with Gasteiger partial charge in [-0.05, 0) is 37.0 Å². The number of carbonyl (C=O) groups is 3. The summed E-state index contributed by atoms with van der Waals surface area (Å²) in [6.07, 6.45) is 3.19. The molecule has 0 spiro atoms. The lowest BCUT2D eigenvalue weighted by Gasteiger charge is -2.34. The van der Waals surface area contributed by atoms with E-state index < -0.39 is 17.8 Å². The fourth-order valence-corrected chi connectivity index (χ4v) is 3.05.